The fraction of sp³-hybridized carbons (Fsp3) is 0.636. The van der Waals surface area contributed by atoms with Gasteiger partial charge in [0.05, 0.1) is 0 Å². The van der Waals surface area contributed by atoms with Crippen molar-refractivity contribution in [2.24, 2.45) is 5.41 Å². The van der Waals surface area contributed by atoms with Gasteiger partial charge in [-0.1, -0.05) is 20.8 Å². The number of carbonyl (C=O) groups excluding carboxylic acids is 1. The number of ether oxygens (including phenoxy) is 1. The van der Waals surface area contributed by atoms with Gasteiger partial charge in [-0.3, -0.25) is 9.59 Å². The number of hydrogen-bond donors (Lipinski definition) is 1. The van der Waals surface area contributed by atoms with E-state index in [1.54, 1.807) is 25.1 Å². The Labute approximate surface area is 95.7 Å². The van der Waals surface area contributed by atoms with Crippen LogP contribution in [-0.2, 0) is 14.3 Å². The number of hydrogen-bond acceptors (Lipinski definition) is 3. The number of rotatable bonds is 1. The fourth-order valence-electron chi connectivity index (χ4n) is 1.50. The molecule has 1 atom stereocenters. The molecule has 0 aromatic carbocycles. The van der Waals surface area contributed by atoms with Crippen molar-refractivity contribution < 1.29 is 19.4 Å². The molecule has 1 heterocycles. The highest BCUT2D eigenvalue weighted by Crippen LogP contribution is 2.33. The fourth-order valence-corrected chi connectivity index (χ4v) is 1.50. The largest absolute Gasteiger partial charge is 0.483 e. The van der Waals surface area contributed by atoms with Gasteiger partial charge in [0.1, 0.15) is 0 Å². The Morgan fingerprint density at radius 2 is 1.94 bits per heavy atom. The number of carboxylic acid groups (broad SMARTS) is 1. The van der Waals surface area contributed by atoms with Crippen LogP contribution in [0.1, 0.15) is 20.8 Å². The van der Waals surface area contributed by atoms with Crippen LogP contribution < -0.4 is 0 Å². The molecule has 0 aromatic heterocycles. The minimum Gasteiger partial charge on any atom is -0.483 e. The molecule has 0 saturated heterocycles. The molecule has 92 valence electrons. The van der Waals surface area contributed by atoms with Gasteiger partial charge in [0.25, 0.3) is 6.47 Å². The van der Waals surface area contributed by atoms with Gasteiger partial charge >= 0.3 is 0 Å². The molecule has 1 aliphatic heterocycles. The Balaban J connectivity index is 0.000000673. The summed E-state index contributed by atoms with van der Waals surface area (Å²) in [6.45, 7) is 5.99. The zero-order valence-electron chi connectivity index (χ0n) is 10.4. The second kappa shape index (κ2) is 5.65. The lowest BCUT2D eigenvalue weighted by Gasteiger charge is -2.28. The predicted octanol–water partition coefficient (Wildman–Crippen LogP) is 1.10. The van der Waals surface area contributed by atoms with E-state index in [-0.39, 0.29) is 24.0 Å². The number of nitrogens with zero attached hydrogens (tertiary/aromatic N) is 1. The summed E-state index contributed by atoms with van der Waals surface area (Å²) in [7, 11) is 3.38. The highest BCUT2D eigenvalue weighted by Gasteiger charge is 2.35. The van der Waals surface area contributed by atoms with Gasteiger partial charge in [0.15, 0.2) is 6.23 Å². The van der Waals surface area contributed by atoms with E-state index in [1.807, 2.05) is 0 Å². The van der Waals surface area contributed by atoms with Crippen molar-refractivity contribution in [2.45, 2.75) is 27.0 Å². The molecule has 1 N–H and O–H groups in total. The van der Waals surface area contributed by atoms with E-state index < -0.39 is 0 Å². The third-order valence-electron chi connectivity index (χ3n) is 2.33. The summed E-state index contributed by atoms with van der Waals surface area (Å²) in [6, 6.07) is 0. The van der Waals surface area contributed by atoms with Crippen molar-refractivity contribution in [3.63, 3.8) is 0 Å². The summed E-state index contributed by atoms with van der Waals surface area (Å²) in [5, 5.41) is 6.89. The Hall–Kier alpha value is -1.36. The lowest BCUT2D eigenvalue weighted by atomic mass is 9.86. The average molecular weight is 229 g/mol. The molecule has 1 unspecified atom stereocenters. The Morgan fingerprint density at radius 3 is 2.19 bits per heavy atom. The van der Waals surface area contributed by atoms with Crippen molar-refractivity contribution in [2.75, 3.05) is 14.2 Å². The average Bonchev–Trinajstić information content (AvgIpc) is 2.44. The van der Waals surface area contributed by atoms with Crippen LogP contribution in [0.5, 0.6) is 0 Å². The predicted molar refractivity (Wildman–Crippen MR) is 59.8 cm³/mol. The number of likely N-dealkylation sites (N-methyl/N-ethyl adjacent to an activating group) is 1. The van der Waals surface area contributed by atoms with E-state index in [0.29, 0.717) is 0 Å². The molecule has 16 heavy (non-hydrogen) atoms. The standard InChI is InChI=1S/C10H17NO2.CH2O2/c1-10(2,3)7-6-8(12)11(4)9(7)13-5;2-1-3/h6,9H,1-5H3;1H,(H,2,3). The zero-order chi connectivity index (χ0) is 12.9. The van der Waals surface area contributed by atoms with Crippen molar-refractivity contribution in [1.29, 1.82) is 0 Å². The summed E-state index contributed by atoms with van der Waals surface area (Å²) in [6.07, 6.45) is 1.49. The summed E-state index contributed by atoms with van der Waals surface area (Å²) < 4.78 is 5.27. The SMILES string of the molecule is COC1C(C(C)(C)C)=CC(=O)N1C.O=CO. The molecule has 1 amide bonds. The van der Waals surface area contributed by atoms with E-state index >= 15 is 0 Å². The summed E-state index contributed by atoms with van der Waals surface area (Å²) >= 11 is 0. The summed E-state index contributed by atoms with van der Waals surface area (Å²) in [4.78, 5) is 21.3. The molecule has 0 bridgehead atoms. The normalized spacial score (nSPS) is 20.1. The highest BCUT2D eigenvalue weighted by molar-refractivity contribution is 5.91. The number of methoxy groups -OCH3 is 1. The van der Waals surface area contributed by atoms with Crippen molar-refractivity contribution in [3.05, 3.63) is 11.6 Å². The first-order valence-corrected chi connectivity index (χ1v) is 4.89. The van der Waals surface area contributed by atoms with Gasteiger partial charge in [-0.15, -0.1) is 0 Å². The first-order chi connectivity index (χ1) is 7.29. The van der Waals surface area contributed by atoms with Crippen molar-refractivity contribution in [1.82, 2.24) is 4.90 Å². The zero-order valence-corrected chi connectivity index (χ0v) is 10.4. The molecule has 0 fully saturated rings. The van der Waals surface area contributed by atoms with Gasteiger partial charge in [-0.05, 0) is 11.0 Å². The van der Waals surface area contributed by atoms with Gasteiger partial charge in [0, 0.05) is 20.2 Å². The minimum atomic E-state index is -0.250. The monoisotopic (exact) mass is 229 g/mol. The molecule has 5 nitrogen and oxygen atoms in total. The molecular weight excluding hydrogens is 210 g/mol. The second-order valence-corrected chi connectivity index (χ2v) is 4.49. The van der Waals surface area contributed by atoms with Gasteiger partial charge in [0.2, 0.25) is 5.91 Å². The number of amides is 1. The van der Waals surface area contributed by atoms with E-state index in [1.165, 1.54) is 0 Å². The first-order valence-electron chi connectivity index (χ1n) is 4.89. The lowest BCUT2D eigenvalue weighted by Crippen LogP contribution is -2.35. The molecule has 5 heteroatoms. The van der Waals surface area contributed by atoms with Crippen LogP contribution in [0.2, 0.25) is 0 Å². The molecule has 0 saturated carbocycles. The van der Waals surface area contributed by atoms with Gasteiger partial charge in [-0.2, -0.15) is 0 Å². The summed E-state index contributed by atoms with van der Waals surface area (Å²) in [5.74, 6) is 0.0248. The molecule has 0 aromatic rings. The molecular formula is C11H19NO4. The maximum Gasteiger partial charge on any atom is 0.290 e. The van der Waals surface area contributed by atoms with Crippen molar-refractivity contribution >= 4 is 12.4 Å². The second-order valence-electron chi connectivity index (χ2n) is 4.49. The quantitative estimate of drug-likeness (QED) is 0.684. The third-order valence-corrected chi connectivity index (χ3v) is 2.33. The van der Waals surface area contributed by atoms with Gasteiger partial charge in [-0.25, -0.2) is 0 Å². The third kappa shape index (κ3) is 3.34. The van der Waals surface area contributed by atoms with Crippen LogP contribution >= 0.6 is 0 Å². The molecule has 0 spiro atoms. The lowest BCUT2D eigenvalue weighted by molar-refractivity contribution is -0.130. The number of carbonyl (C=O) groups is 2. The highest BCUT2D eigenvalue weighted by atomic mass is 16.5. The Bertz CT molecular complexity index is 291. The van der Waals surface area contributed by atoms with Gasteiger partial charge < -0.3 is 14.7 Å². The molecule has 0 radical (unpaired) electrons. The first kappa shape index (κ1) is 14.6. The van der Waals surface area contributed by atoms with E-state index in [2.05, 4.69) is 20.8 Å². The van der Waals surface area contributed by atoms with E-state index in [0.717, 1.165) is 5.57 Å². The van der Waals surface area contributed by atoms with E-state index in [4.69, 9.17) is 14.6 Å². The van der Waals surface area contributed by atoms with Crippen LogP contribution in [0.4, 0.5) is 0 Å². The van der Waals surface area contributed by atoms with Crippen molar-refractivity contribution in [3.8, 4) is 0 Å². The molecule has 0 aliphatic carbocycles. The van der Waals surface area contributed by atoms with Crippen LogP contribution in [-0.4, -0.2) is 42.8 Å². The van der Waals surface area contributed by atoms with E-state index in [9.17, 15) is 4.79 Å². The summed E-state index contributed by atoms with van der Waals surface area (Å²) in [5.41, 5.74) is 1.03. The van der Waals surface area contributed by atoms with Crippen LogP contribution in [0.15, 0.2) is 11.6 Å². The molecule has 1 aliphatic rings. The topological polar surface area (TPSA) is 66.8 Å². The van der Waals surface area contributed by atoms with Crippen LogP contribution in [0, 0.1) is 5.41 Å². The maximum atomic E-state index is 11.4. The Kier molecular flexibility index (Phi) is 5.17. The Morgan fingerprint density at radius 1 is 1.50 bits per heavy atom. The minimum absolute atomic E-state index is 0.0128. The smallest absolute Gasteiger partial charge is 0.290 e. The van der Waals surface area contributed by atoms with Crippen LogP contribution in [0.25, 0.3) is 0 Å². The molecule has 1 rings (SSSR count). The van der Waals surface area contributed by atoms with Crippen LogP contribution in [0.3, 0.4) is 0 Å². The maximum absolute atomic E-state index is 11.4.